The Bertz CT molecular complexity index is 1040. The van der Waals surface area contributed by atoms with Gasteiger partial charge in [-0.15, -0.1) is 0 Å². The van der Waals surface area contributed by atoms with Gasteiger partial charge >= 0.3 is 12.1 Å². The molecule has 11 heteroatoms. The van der Waals surface area contributed by atoms with Gasteiger partial charge in [0.05, 0.1) is 35.4 Å². The van der Waals surface area contributed by atoms with Gasteiger partial charge in [-0.05, 0) is 59.3 Å². The first-order valence-electron chi connectivity index (χ1n) is 17.1. The van der Waals surface area contributed by atoms with Gasteiger partial charge in [-0.3, -0.25) is 9.59 Å². The number of hydrogen-bond donors (Lipinski definition) is 2. The molecule has 0 aromatic rings. The lowest BCUT2D eigenvalue weighted by Gasteiger charge is -2.47. The number of aliphatic hydroxyl groups is 1. The molecule has 0 aromatic heterocycles. The van der Waals surface area contributed by atoms with Crippen LogP contribution < -0.4 is 5.32 Å². The first kappa shape index (κ1) is 40.4. The van der Waals surface area contributed by atoms with Crippen molar-refractivity contribution in [1.29, 1.82) is 0 Å². The van der Waals surface area contributed by atoms with E-state index >= 15 is 0 Å². The van der Waals surface area contributed by atoms with Crippen molar-refractivity contribution >= 4 is 17.8 Å². The molecule has 11 nitrogen and oxygen atoms in total. The molecule has 3 rings (SSSR count). The zero-order valence-corrected chi connectivity index (χ0v) is 30.8. The van der Waals surface area contributed by atoms with Crippen LogP contribution in [0, 0.1) is 29.6 Å². The van der Waals surface area contributed by atoms with Crippen LogP contribution in [0.15, 0.2) is 0 Å². The average Bonchev–Trinajstić information content (AvgIpc) is 3.33. The summed E-state index contributed by atoms with van der Waals surface area (Å²) in [6.07, 6.45) is -2.06. The Morgan fingerprint density at radius 2 is 1.46 bits per heavy atom. The smallest absolute Gasteiger partial charge is 0.408 e. The van der Waals surface area contributed by atoms with Crippen molar-refractivity contribution in [3.8, 4) is 0 Å². The molecule has 1 amide bonds. The zero-order valence-electron chi connectivity index (χ0n) is 30.8. The van der Waals surface area contributed by atoms with Gasteiger partial charge in [0.1, 0.15) is 18.0 Å². The van der Waals surface area contributed by atoms with Crippen LogP contribution in [0.1, 0.15) is 109 Å². The number of esters is 1. The molecule has 3 aliphatic heterocycles. The molecule has 0 saturated carbocycles. The molecule has 2 N–H and O–H groups in total. The van der Waals surface area contributed by atoms with E-state index in [1.165, 1.54) is 6.42 Å². The first-order chi connectivity index (χ1) is 21.3. The van der Waals surface area contributed by atoms with Crippen molar-refractivity contribution in [2.75, 3.05) is 14.2 Å². The van der Waals surface area contributed by atoms with Crippen LogP contribution in [0.5, 0.6) is 0 Å². The molecule has 268 valence electrons. The maximum atomic E-state index is 13.9. The number of fused-ring (bicyclic) bond motifs is 1. The number of ether oxygens (including phenoxy) is 6. The molecular formula is C35H63NO10. The number of hydrogen-bond acceptors (Lipinski definition) is 10. The second kappa shape index (κ2) is 16.1. The average molecular weight is 658 g/mol. The Morgan fingerprint density at radius 1 is 0.891 bits per heavy atom. The number of nitrogens with one attached hydrogen (secondary N) is 1. The number of cyclic esters (lactones) is 1. The van der Waals surface area contributed by atoms with Crippen molar-refractivity contribution in [3.63, 3.8) is 0 Å². The Kier molecular flexibility index (Phi) is 14.1. The third-order valence-corrected chi connectivity index (χ3v) is 11.0. The van der Waals surface area contributed by atoms with Gasteiger partial charge in [-0.25, -0.2) is 4.79 Å². The fourth-order valence-corrected chi connectivity index (χ4v) is 7.52. The molecule has 0 bridgehead atoms. The minimum atomic E-state index is -1.27. The molecule has 3 aliphatic rings. The largest absolute Gasteiger partial charge is 0.458 e. The quantitative estimate of drug-likeness (QED) is 0.368. The summed E-state index contributed by atoms with van der Waals surface area (Å²) < 4.78 is 36.4. The van der Waals surface area contributed by atoms with Crippen LogP contribution in [-0.2, 0) is 38.0 Å². The Hall–Kier alpha value is -1.79. The first-order valence-corrected chi connectivity index (χ1v) is 17.1. The lowest BCUT2D eigenvalue weighted by atomic mass is 9.70. The normalized spacial score (nSPS) is 45.7. The highest BCUT2D eigenvalue weighted by Gasteiger charge is 2.57. The van der Waals surface area contributed by atoms with E-state index < -0.39 is 83.4 Å². The molecule has 0 radical (unpaired) electrons. The summed E-state index contributed by atoms with van der Waals surface area (Å²) in [6, 6.07) is -0.696. The molecule has 0 aromatic carbocycles. The minimum absolute atomic E-state index is 0.0356. The van der Waals surface area contributed by atoms with E-state index in [9.17, 15) is 19.5 Å². The second-order valence-electron chi connectivity index (χ2n) is 14.5. The van der Waals surface area contributed by atoms with Crippen LogP contribution >= 0.6 is 0 Å². The molecule has 3 heterocycles. The van der Waals surface area contributed by atoms with E-state index in [4.69, 9.17) is 28.4 Å². The van der Waals surface area contributed by atoms with E-state index in [1.807, 2.05) is 41.5 Å². The van der Waals surface area contributed by atoms with Crippen molar-refractivity contribution in [1.82, 2.24) is 5.32 Å². The summed E-state index contributed by atoms with van der Waals surface area (Å²) in [5.74, 6) is -2.73. The summed E-state index contributed by atoms with van der Waals surface area (Å²) in [4.78, 5) is 40.3. The molecule has 46 heavy (non-hydrogen) atoms. The number of ketones is 1. The Balaban J connectivity index is 0.00000236. The number of rotatable bonds is 5. The van der Waals surface area contributed by atoms with Gasteiger partial charge in [0, 0.05) is 32.5 Å². The second-order valence-corrected chi connectivity index (χ2v) is 14.5. The van der Waals surface area contributed by atoms with Gasteiger partial charge in [0.25, 0.3) is 0 Å². The highest BCUT2D eigenvalue weighted by atomic mass is 16.7. The van der Waals surface area contributed by atoms with Crippen molar-refractivity contribution in [2.45, 2.75) is 162 Å². The molecule has 0 unspecified atom stereocenters. The number of carbonyl (C=O) groups is 3. The third kappa shape index (κ3) is 8.25. The molecule has 3 saturated heterocycles. The summed E-state index contributed by atoms with van der Waals surface area (Å²) in [6.45, 7) is 22.9. The fourth-order valence-electron chi connectivity index (χ4n) is 7.52. The van der Waals surface area contributed by atoms with Crippen LogP contribution in [0.3, 0.4) is 0 Å². The lowest BCUT2D eigenvalue weighted by Crippen LogP contribution is -2.58. The maximum absolute atomic E-state index is 13.9. The van der Waals surface area contributed by atoms with Gasteiger partial charge in [-0.1, -0.05) is 54.9 Å². The van der Waals surface area contributed by atoms with E-state index in [0.29, 0.717) is 12.8 Å². The Labute approximate surface area is 277 Å². The SMILES string of the molecule is CCC.CC[C@H]1OC(=O)[C@H](C)[C@@H](O[C@H]2C[C@@](C)(OC)[C@@H](O)[C@H](C)O2)[C@H](C)[C@@H](C)[C@](C)(OC)C[C@@H](C)C(=O)[C@H](C)[C@H]2NC(=O)O[C@@]21C. The number of amides is 1. The van der Waals surface area contributed by atoms with Crippen molar-refractivity contribution in [3.05, 3.63) is 0 Å². The number of aliphatic hydroxyl groups excluding tert-OH is 1. The molecule has 3 fully saturated rings. The van der Waals surface area contributed by atoms with Crippen LogP contribution in [0.2, 0.25) is 0 Å². The standard InChI is InChI=1S/C32H55NO10.C3H8/c1-13-22-32(10)26(33-29(37)43-32)18(4)24(34)16(2)14-30(8,38-11)20(6)17(3)25(19(5)28(36)41-22)42-23-15-31(9,39-12)27(35)21(7)40-23;1-3-2/h16-23,25-27,35H,13-15H2,1-12H3,(H,33,37);3H2,1-2H3/t16-,17-,18+,19-,20-,21+,22-,23+,25+,26-,27+,30-,31-,32-;/m1./s1. The van der Waals surface area contributed by atoms with E-state index in [2.05, 4.69) is 19.2 Å². The monoisotopic (exact) mass is 657 g/mol. The van der Waals surface area contributed by atoms with Crippen LogP contribution in [0.4, 0.5) is 4.79 Å². The zero-order chi connectivity index (χ0) is 35.4. The molecule has 14 atom stereocenters. The predicted molar refractivity (Wildman–Crippen MR) is 174 cm³/mol. The lowest BCUT2D eigenvalue weighted by molar-refractivity contribution is -0.298. The van der Waals surface area contributed by atoms with Gasteiger partial charge < -0.3 is 38.8 Å². The van der Waals surface area contributed by atoms with Gasteiger partial charge in [-0.2, -0.15) is 0 Å². The van der Waals surface area contributed by atoms with Crippen molar-refractivity contribution < 1.29 is 47.9 Å². The summed E-state index contributed by atoms with van der Waals surface area (Å²) in [5, 5.41) is 13.6. The summed E-state index contributed by atoms with van der Waals surface area (Å²) in [7, 11) is 3.17. The predicted octanol–water partition coefficient (Wildman–Crippen LogP) is 5.44. The van der Waals surface area contributed by atoms with Gasteiger partial charge in [0.15, 0.2) is 11.9 Å². The number of methoxy groups -OCH3 is 2. The van der Waals surface area contributed by atoms with E-state index in [1.54, 1.807) is 41.9 Å². The molecule has 0 spiro atoms. The molecule has 0 aliphatic carbocycles. The van der Waals surface area contributed by atoms with E-state index in [0.717, 1.165) is 0 Å². The number of carbonyl (C=O) groups excluding carboxylic acids is 3. The number of Topliss-reactive ketones (excluding diaryl/α,β-unsaturated/α-hetero) is 1. The summed E-state index contributed by atoms with van der Waals surface area (Å²) >= 11 is 0. The molecular weight excluding hydrogens is 594 g/mol. The van der Waals surface area contributed by atoms with Crippen molar-refractivity contribution in [2.24, 2.45) is 29.6 Å². The van der Waals surface area contributed by atoms with E-state index in [-0.39, 0.29) is 24.0 Å². The Morgan fingerprint density at radius 3 is 1.98 bits per heavy atom. The van der Waals surface area contributed by atoms with Gasteiger partial charge in [0.2, 0.25) is 0 Å². The highest BCUT2D eigenvalue weighted by Crippen LogP contribution is 2.42. The topological polar surface area (TPSA) is 139 Å². The van der Waals surface area contributed by atoms with Crippen LogP contribution in [0.25, 0.3) is 0 Å². The van der Waals surface area contributed by atoms with Crippen LogP contribution in [-0.4, -0.2) is 90.7 Å². The number of alkyl carbamates (subject to hydrolysis) is 1. The third-order valence-electron chi connectivity index (χ3n) is 11.0. The summed E-state index contributed by atoms with van der Waals surface area (Å²) in [5.41, 5.74) is -2.93. The maximum Gasteiger partial charge on any atom is 0.408 e. The minimum Gasteiger partial charge on any atom is -0.458 e. The highest BCUT2D eigenvalue weighted by molar-refractivity contribution is 5.85. The fraction of sp³-hybridized carbons (Fsp3) is 0.914.